The molecule has 2 rings (SSSR count). The number of nitrogens with one attached hydrogen (secondary N) is 1. The van der Waals surface area contributed by atoms with Crippen molar-refractivity contribution in [2.75, 3.05) is 12.8 Å². The molecule has 1 amide bonds. The van der Waals surface area contributed by atoms with Gasteiger partial charge in [-0.1, -0.05) is 0 Å². The highest BCUT2D eigenvalue weighted by molar-refractivity contribution is 7.97. The summed E-state index contributed by atoms with van der Waals surface area (Å²) in [6.07, 6.45) is 4.79. The second-order valence-corrected chi connectivity index (χ2v) is 5.12. The number of carbonyl (C=O) groups is 2. The highest BCUT2D eigenvalue weighted by Gasteiger charge is 2.11. The first kappa shape index (κ1) is 15.2. The minimum atomic E-state index is -1.07. The summed E-state index contributed by atoms with van der Waals surface area (Å²) in [6, 6.07) is 3.42. The average molecular weight is 309 g/mol. The number of hydrogen-bond acceptors (Lipinski definition) is 5. The Balaban J connectivity index is 1.81. The molecule has 0 bridgehead atoms. The molecule has 0 aromatic carbocycles. The van der Waals surface area contributed by atoms with E-state index < -0.39 is 5.97 Å². The van der Waals surface area contributed by atoms with Crippen molar-refractivity contribution in [3.8, 4) is 0 Å². The van der Waals surface area contributed by atoms with Crippen LogP contribution in [0.4, 0.5) is 0 Å². The molecule has 0 spiro atoms. The molecule has 112 valence electrons. The number of carbonyl (C=O) groups excluding carboxylic acids is 1. The van der Waals surface area contributed by atoms with Gasteiger partial charge in [0.25, 0.3) is 5.91 Å². The first-order valence-electron chi connectivity index (χ1n) is 6.21. The highest BCUT2D eigenvalue weighted by atomic mass is 32.2. The van der Waals surface area contributed by atoms with E-state index in [1.165, 1.54) is 12.5 Å². The zero-order chi connectivity index (χ0) is 15.2. The topological polar surface area (TPSA) is 97.4 Å². The van der Waals surface area contributed by atoms with Crippen molar-refractivity contribution in [1.82, 2.24) is 14.9 Å². The van der Waals surface area contributed by atoms with E-state index in [-0.39, 0.29) is 17.4 Å². The van der Waals surface area contributed by atoms with Gasteiger partial charge in [-0.3, -0.25) is 4.79 Å². The van der Waals surface area contributed by atoms with Gasteiger partial charge in [0.15, 0.2) is 11.5 Å². The maximum absolute atomic E-state index is 11.8. The summed E-state index contributed by atoms with van der Waals surface area (Å²) in [4.78, 5) is 26.2. The molecular formula is C13H15N3O4S. The van der Waals surface area contributed by atoms with Gasteiger partial charge in [0.05, 0.1) is 12.1 Å². The summed E-state index contributed by atoms with van der Waals surface area (Å²) in [6.45, 7) is 0.789. The fraction of sp³-hybridized carbons (Fsp3) is 0.308. The van der Waals surface area contributed by atoms with Gasteiger partial charge in [-0.05, 0) is 18.4 Å². The lowest BCUT2D eigenvalue weighted by atomic mass is 10.4. The minimum Gasteiger partial charge on any atom is -0.476 e. The van der Waals surface area contributed by atoms with Crippen LogP contribution in [0.2, 0.25) is 0 Å². The van der Waals surface area contributed by atoms with Gasteiger partial charge >= 0.3 is 5.97 Å². The maximum Gasteiger partial charge on any atom is 0.356 e. The number of rotatable bonds is 7. The number of furan rings is 1. The van der Waals surface area contributed by atoms with Crippen LogP contribution in [-0.2, 0) is 12.3 Å². The molecule has 2 aromatic rings. The SMILES string of the molecule is CSCc1ccc(C(=O)NCCn2cnc(C(=O)O)c2)o1. The molecule has 0 aliphatic heterocycles. The van der Waals surface area contributed by atoms with E-state index in [4.69, 9.17) is 9.52 Å². The van der Waals surface area contributed by atoms with Crippen LogP contribution in [0.15, 0.2) is 29.1 Å². The molecule has 2 aromatic heterocycles. The third-order valence-corrected chi connectivity index (χ3v) is 3.25. The first-order chi connectivity index (χ1) is 10.1. The van der Waals surface area contributed by atoms with E-state index in [0.29, 0.717) is 13.1 Å². The van der Waals surface area contributed by atoms with Crippen molar-refractivity contribution in [3.63, 3.8) is 0 Å². The van der Waals surface area contributed by atoms with E-state index in [9.17, 15) is 9.59 Å². The van der Waals surface area contributed by atoms with Gasteiger partial charge in [-0.2, -0.15) is 11.8 Å². The molecular weight excluding hydrogens is 294 g/mol. The second-order valence-electron chi connectivity index (χ2n) is 4.26. The molecule has 0 unspecified atom stereocenters. The second kappa shape index (κ2) is 6.98. The predicted octanol–water partition coefficient (Wildman–Crippen LogP) is 1.47. The Bertz CT molecular complexity index is 635. The van der Waals surface area contributed by atoms with Crippen molar-refractivity contribution in [3.05, 3.63) is 41.9 Å². The summed E-state index contributed by atoms with van der Waals surface area (Å²) in [5.74, 6) is 0.389. The van der Waals surface area contributed by atoms with Crippen molar-refractivity contribution in [2.45, 2.75) is 12.3 Å². The lowest BCUT2D eigenvalue weighted by Gasteiger charge is -2.03. The van der Waals surface area contributed by atoms with Crippen LogP contribution in [0.25, 0.3) is 0 Å². The van der Waals surface area contributed by atoms with Gasteiger partial charge in [-0.25, -0.2) is 9.78 Å². The van der Waals surface area contributed by atoms with Crippen LogP contribution in [0.1, 0.15) is 26.8 Å². The fourth-order valence-corrected chi connectivity index (χ4v) is 2.14. The number of hydrogen-bond donors (Lipinski definition) is 2. The van der Waals surface area contributed by atoms with Gasteiger partial charge in [-0.15, -0.1) is 0 Å². The standard InChI is InChI=1S/C13H15N3O4S/c1-21-7-9-2-3-11(20-9)12(17)14-4-5-16-6-10(13(18)19)15-8-16/h2-3,6,8H,4-5,7H2,1H3,(H,14,17)(H,18,19). The smallest absolute Gasteiger partial charge is 0.356 e. The summed E-state index contributed by atoms with van der Waals surface area (Å²) >= 11 is 1.62. The van der Waals surface area contributed by atoms with Gasteiger partial charge in [0, 0.05) is 19.3 Å². The number of imidazole rings is 1. The normalized spacial score (nSPS) is 10.5. The molecule has 0 saturated carbocycles. The fourth-order valence-electron chi connectivity index (χ4n) is 1.70. The Morgan fingerprint density at radius 2 is 2.29 bits per heavy atom. The molecule has 21 heavy (non-hydrogen) atoms. The number of amides is 1. The largest absolute Gasteiger partial charge is 0.476 e. The van der Waals surface area contributed by atoms with E-state index in [0.717, 1.165) is 11.5 Å². The first-order valence-corrected chi connectivity index (χ1v) is 7.60. The monoisotopic (exact) mass is 309 g/mol. The zero-order valence-electron chi connectivity index (χ0n) is 11.4. The number of aromatic nitrogens is 2. The van der Waals surface area contributed by atoms with Crippen molar-refractivity contribution in [2.24, 2.45) is 0 Å². The van der Waals surface area contributed by atoms with Crippen LogP contribution in [0, 0.1) is 0 Å². The van der Waals surface area contributed by atoms with E-state index in [1.54, 1.807) is 28.5 Å². The lowest BCUT2D eigenvalue weighted by Crippen LogP contribution is -2.26. The number of carboxylic acid groups (broad SMARTS) is 1. The van der Waals surface area contributed by atoms with E-state index in [1.807, 2.05) is 6.26 Å². The van der Waals surface area contributed by atoms with Crippen LogP contribution in [0.5, 0.6) is 0 Å². The molecule has 0 radical (unpaired) electrons. The predicted molar refractivity (Wildman–Crippen MR) is 77.4 cm³/mol. The Kier molecular flexibility index (Phi) is 5.04. The third-order valence-electron chi connectivity index (χ3n) is 2.68. The molecule has 2 N–H and O–H groups in total. The van der Waals surface area contributed by atoms with Crippen LogP contribution < -0.4 is 5.32 Å². The Morgan fingerprint density at radius 1 is 1.48 bits per heavy atom. The summed E-state index contributed by atoms with van der Waals surface area (Å²) in [5.41, 5.74) is -0.0194. The zero-order valence-corrected chi connectivity index (χ0v) is 12.2. The summed E-state index contributed by atoms with van der Waals surface area (Å²) in [5, 5.41) is 11.5. The molecule has 0 aliphatic carbocycles. The Labute approximate surface area is 125 Å². The molecule has 0 saturated heterocycles. The van der Waals surface area contributed by atoms with Gasteiger partial charge in [0.1, 0.15) is 5.76 Å². The van der Waals surface area contributed by atoms with Crippen LogP contribution in [0.3, 0.4) is 0 Å². The van der Waals surface area contributed by atoms with Crippen LogP contribution in [-0.4, -0.2) is 39.3 Å². The average Bonchev–Trinajstić information content (AvgIpc) is 3.08. The van der Waals surface area contributed by atoms with Gasteiger partial charge in [0.2, 0.25) is 0 Å². The van der Waals surface area contributed by atoms with Crippen molar-refractivity contribution in [1.29, 1.82) is 0 Å². The van der Waals surface area contributed by atoms with E-state index >= 15 is 0 Å². The quantitative estimate of drug-likeness (QED) is 0.804. The number of carboxylic acids is 1. The Hall–Kier alpha value is -2.22. The third kappa shape index (κ3) is 4.12. The summed E-state index contributed by atoms with van der Waals surface area (Å²) < 4.78 is 7.00. The van der Waals surface area contributed by atoms with Gasteiger partial charge < -0.3 is 19.4 Å². The van der Waals surface area contributed by atoms with Crippen LogP contribution >= 0.6 is 11.8 Å². The summed E-state index contributed by atoms with van der Waals surface area (Å²) in [7, 11) is 0. The molecule has 0 atom stereocenters. The number of aromatic carboxylic acids is 1. The minimum absolute atomic E-state index is 0.0194. The molecule has 2 heterocycles. The van der Waals surface area contributed by atoms with Crippen molar-refractivity contribution < 1.29 is 19.1 Å². The number of thioether (sulfide) groups is 1. The molecule has 8 heteroatoms. The lowest BCUT2D eigenvalue weighted by molar-refractivity contribution is 0.0690. The molecule has 0 aliphatic rings. The van der Waals surface area contributed by atoms with Crippen molar-refractivity contribution >= 4 is 23.6 Å². The molecule has 7 nitrogen and oxygen atoms in total. The maximum atomic E-state index is 11.8. The molecule has 0 fully saturated rings. The number of nitrogens with zero attached hydrogens (tertiary/aromatic N) is 2. The highest BCUT2D eigenvalue weighted by Crippen LogP contribution is 2.13. The Morgan fingerprint density at radius 3 is 2.95 bits per heavy atom. The van der Waals surface area contributed by atoms with E-state index in [2.05, 4.69) is 10.3 Å².